The first-order chi connectivity index (χ1) is 19.7. The van der Waals surface area contributed by atoms with Gasteiger partial charge in [-0.1, -0.05) is 61.3 Å². The molecule has 1 heterocycles. The Kier molecular flexibility index (Phi) is 8.15. The number of carbonyl (C=O) groups is 1. The normalized spacial score (nSPS) is 11.6. The molecule has 5 aromatic rings. The first-order valence-corrected chi connectivity index (χ1v) is 15.4. The molecule has 9 heteroatoms. The van der Waals surface area contributed by atoms with E-state index < -0.39 is 15.8 Å². The smallest absolute Gasteiger partial charge is 0.336 e. The summed E-state index contributed by atoms with van der Waals surface area (Å²) in [5, 5.41) is 13.8. The Bertz CT molecular complexity index is 1830. The average Bonchev–Trinajstić information content (AvgIpc) is 3.32. The highest BCUT2D eigenvalue weighted by molar-refractivity contribution is 7.91. The van der Waals surface area contributed by atoms with Gasteiger partial charge in [0.1, 0.15) is 11.7 Å². The van der Waals surface area contributed by atoms with Crippen molar-refractivity contribution >= 4 is 44.1 Å². The van der Waals surface area contributed by atoms with Crippen LogP contribution in [0.15, 0.2) is 89.8 Å². The molecule has 0 aliphatic heterocycles. The highest BCUT2D eigenvalue weighted by atomic mass is 35.5. The van der Waals surface area contributed by atoms with Gasteiger partial charge >= 0.3 is 5.97 Å². The number of anilines is 1. The second-order valence-corrected chi connectivity index (χ2v) is 12.3. The lowest BCUT2D eigenvalue weighted by Gasteiger charge is -2.17. The molecule has 0 unspecified atom stereocenters. The molecule has 7 nitrogen and oxygen atoms in total. The number of hydrogen-bond donors (Lipinski definition) is 2. The molecule has 0 aliphatic carbocycles. The van der Waals surface area contributed by atoms with Crippen molar-refractivity contribution in [2.45, 2.75) is 38.0 Å². The summed E-state index contributed by atoms with van der Waals surface area (Å²) < 4.78 is 27.8. The number of aryl methyl sites for hydroxylation is 1. The number of carboxylic acid groups (broad SMARTS) is 1. The maximum atomic E-state index is 12.9. The number of sulfone groups is 1. The van der Waals surface area contributed by atoms with Gasteiger partial charge in [0.2, 0.25) is 0 Å². The fraction of sp³-hybridized carbons (Fsp3) is 0.188. The Morgan fingerprint density at radius 2 is 1.73 bits per heavy atom. The van der Waals surface area contributed by atoms with E-state index in [1.165, 1.54) is 12.1 Å². The third-order valence-corrected chi connectivity index (χ3v) is 8.86. The van der Waals surface area contributed by atoms with Crippen molar-refractivity contribution in [3.63, 3.8) is 0 Å². The highest BCUT2D eigenvalue weighted by Crippen LogP contribution is 2.33. The molecule has 0 saturated carbocycles. The van der Waals surface area contributed by atoms with Gasteiger partial charge in [0.25, 0.3) is 0 Å². The zero-order valence-electron chi connectivity index (χ0n) is 22.8. The van der Waals surface area contributed by atoms with E-state index in [-0.39, 0.29) is 16.3 Å². The van der Waals surface area contributed by atoms with Crippen molar-refractivity contribution in [3.8, 4) is 16.8 Å². The van der Waals surface area contributed by atoms with Gasteiger partial charge in [-0.05, 0) is 78.6 Å². The van der Waals surface area contributed by atoms with Crippen LogP contribution < -0.4 is 5.32 Å². The molecular formula is C32H30ClN3O4S. The van der Waals surface area contributed by atoms with Crippen LogP contribution in [0.4, 0.5) is 5.69 Å². The van der Waals surface area contributed by atoms with Crippen LogP contribution in [0.5, 0.6) is 0 Å². The number of halogens is 1. The number of aromatic nitrogens is 2. The Labute approximate surface area is 244 Å². The zero-order chi connectivity index (χ0) is 29.1. The summed E-state index contributed by atoms with van der Waals surface area (Å²) >= 11 is 5.92. The molecule has 0 aliphatic rings. The lowest BCUT2D eigenvalue weighted by molar-refractivity contribution is 0.0697. The maximum absolute atomic E-state index is 12.9. The first kappa shape index (κ1) is 28.4. The van der Waals surface area contributed by atoms with E-state index in [1.807, 2.05) is 66.1 Å². The maximum Gasteiger partial charge on any atom is 0.336 e. The number of unbranched alkanes of at least 4 members (excludes halogenated alkanes) is 1. The van der Waals surface area contributed by atoms with Crippen molar-refractivity contribution in [1.29, 1.82) is 0 Å². The van der Waals surface area contributed by atoms with Gasteiger partial charge in [0.15, 0.2) is 9.84 Å². The van der Waals surface area contributed by atoms with Gasteiger partial charge in [-0.3, -0.25) is 4.57 Å². The molecule has 41 heavy (non-hydrogen) atoms. The predicted molar refractivity (Wildman–Crippen MR) is 164 cm³/mol. The topological polar surface area (TPSA) is 101 Å². The number of fused-ring (bicyclic) bond motifs is 1. The van der Waals surface area contributed by atoms with Crippen LogP contribution in [0.3, 0.4) is 0 Å². The molecule has 2 N–H and O–H groups in total. The van der Waals surface area contributed by atoms with Gasteiger partial charge < -0.3 is 10.4 Å². The fourth-order valence-corrected chi connectivity index (χ4v) is 6.19. The molecule has 0 amide bonds. The molecule has 0 radical (unpaired) electrons. The SMILES string of the molecule is CCCCc1nc2ccc(NCS(=O)(=O)c3ccc(Cl)cc3)cc2n1-c1ccc(-c2ccccc2)c(C(=O)O)c1C. The summed E-state index contributed by atoms with van der Waals surface area (Å²) in [6.07, 6.45) is 2.60. The molecule has 0 spiro atoms. The highest BCUT2D eigenvalue weighted by Gasteiger charge is 2.22. The average molecular weight is 588 g/mol. The Morgan fingerprint density at radius 1 is 1.00 bits per heavy atom. The minimum Gasteiger partial charge on any atom is -0.478 e. The Hall–Kier alpha value is -4.14. The third-order valence-electron chi connectivity index (χ3n) is 7.09. The standard InChI is InChI=1S/C32H30ClN3O4S/c1-3-4-10-30-35-27-17-13-24(34-20-41(39,40)25-14-11-23(33)12-15-25)19-29(27)36(30)28-18-16-26(22-8-6-5-7-9-22)31(21(28)2)32(37)38/h5-9,11-19,34H,3-4,10,20H2,1-2H3,(H,37,38). The second kappa shape index (κ2) is 11.8. The van der Waals surface area contributed by atoms with Gasteiger partial charge in [-0.15, -0.1) is 0 Å². The molecule has 210 valence electrons. The van der Waals surface area contributed by atoms with E-state index in [2.05, 4.69) is 12.2 Å². The van der Waals surface area contributed by atoms with E-state index in [9.17, 15) is 18.3 Å². The summed E-state index contributed by atoms with van der Waals surface area (Å²) in [5.74, 6) is -0.484. The number of nitrogens with one attached hydrogen (secondary N) is 1. The number of aromatic carboxylic acids is 1. The molecule has 5 rings (SSSR count). The van der Waals surface area contributed by atoms with Crippen molar-refractivity contribution in [3.05, 3.63) is 107 Å². The van der Waals surface area contributed by atoms with Crippen molar-refractivity contribution < 1.29 is 18.3 Å². The first-order valence-electron chi connectivity index (χ1n) is 13.4. The molecule has 0 fully saturated rings. The molecule has 0 bridgehead atoms. The molecule has 1 aromatic heterocycles. The van der Waals surface area contributed by atoms with E-state index in [0.717, 1.165) is 41.0 Å². The van der Waals surface area contributed by atoms with E-state index in [0.29, 0.717) is 28.3 Å². The molecule has 0 atom stereocenters. The molecule has 0 saturated heterocycles. The van der Waals surface area contributed by atoms with Crippen molar-refractivity contribution in [2.75, 3.05) is 11.2 Å². The van der Waals surface area contributed by atoms with Crippen LogP contribution in [-0.4, -0.2) is 34.9 Å². The van der Waals surface area contributed by atoms with E-state index >= 15 is 0 Å². The predicted octanol–water partition coefficient (Wildman–Crippen LogP) is 7.54. The van der Waals surface area contributed by atoms with Gasteiger partial charge in [-0.25, -0.2) is 18.2 Å². The van der Waals surface area contributed by atoms with Crippen molar-refractivity contribution in [2.24, 2.45) is 0 Å². The van der Waals surface area contributed by atoms with Gasteiger partial charge in [-0.2, -0.15) is 0 Å². The summed E-state index contributed by atoms with van der Waals surface area (Å²) in [5.41, 5.74) is 5.17. The van der Waals surface area contributed by atoms with Crippen LogP contribution >= 0.6 is 11.6 Å². The van der Waals surface area contributed by atoms with Gasteiger partial charge in [0, 0.05) is 17.1 Å². The zero-order valence-corrected chi connectivity index (χ0v) is 24.3. The largest absolute Gasteiger partial charge is 0.478 e. The Morgan fingerprint density at radius 3 is 2.41 bits per heavy atom. The number of carboxylic acids is 1. The lowest BCUT2D eigenvalue weighted by atomic mass is 9.94. The number of hydrogen-bond acceptors (Lipinski definition) is 5. The number of imidazole rings is 1. The monoisotopic (exact) mass is 587 g/mol. The van der Waals surface area contributed by atoms with Gasteiger partial charge in [0.05, 0.1) is 27.2 Å². The van der Waals surface area contributed by atoms with Crippen LogP contribution in [0, 0.1) is 6.92 Å². The quantitative estimate of drug-likeness (QED) is 0.175. The van der Waals surface area contributed by atoms with Crippen molar-refractivity contribution in [1.82, 2.24) is 9.55 Å². The van der Waals surface area contributed by atoms with E-state index in [1.54, 1.807) is 18.2 Å². The lowest BCUT2D eigenvalue weighted by Crippen LogP contribution is -2.14. The molecular weight excluding hydrogens is 558 g/mol. The summed E-state index contributed by atoms with van der Waals surface area (Å²) in [6, 6.07) is 24.8. The van der Waals surface area contributed by atoms with Crippen LogP contribution in [0.2, 0.25) is 5.02 Å². The number of nitrogens with zero attached hydrogens (tertiary/aromatic N) is 2. The summed E-state index contributed by atoms with van der Waals surface area (Å²) in [7, 11) is -3.61. The molecule has 4 aromatic carbocycles. The fourth-order valence-electron chi connectivity index (χ4n) is 4.99. The second-order valence-electron chi connectivity index (χ2n) is 9.86. The number of benzene rings is 4. The summed E-state index contributed by atoms with van der Waals surface area (Å²) in [4.78, 5) is 17.6. The summed E-state index contributed by atoms with van der Waals surface area (Å²) in [6.45, 7) is 3.93. The minimum absolute atomic E-state index is 0.178. The van der Waals surface area contributed by atoms with Crippen LogP contribution in [0.25, 0.3) is 27.8 Å². The Balaban J connectivity index is 1.59. The minimum atomic E-state index is -3.61. The van der Waals surface area contributed by atoms with Crippen LogP contribution in [-0.2, 0) is 16.3 Å². The third kappa shape index (κ3) is 5.85. The number of rotatable bonds is 10. The van der Waals surface area contributed by atoms with Crippen LogP contribution in [0.1, 0.15) is 41.5 Å². The van der Waals surface area contributed by atoms with E-state index in [4.69, 9.17) is 16.6 Å².